The lowest BCUT2D eigenvalue weighted by Gasteiger charge is -2.58. The summed E-state index contributed by atoms with van der Waals surface area (Å²) in [5, 5.41) is 24.9. The van der Waals surface area contributed by atoms with E-state index in [4.69, 9.17) is 4.98 Å². The number of aliphatic carboxylic acids is 1. The van der Waals surface area contributed by atoms with E-state index in [1.54, 1.807) is 11.8 Å². The first kappa shape index (κ1) is 22.7. The summed E-state index contributed by atoms with van der Waals surface area (Å²) in [5.74, 6) is 0.973. The first-order valence-corrected chi connectivity index (χ1v) is 13.9. The van der Waals surface area contributed by atoms with Crippen LogP contribution in [0.4, 0.5) is 5.82 Å². The number of carbonyl (C=O) groups excluding carboxylic acids is 1. The number of amides is 1. The van der Waals surface area contributed by atoms with Gasteiger partial charge in [-0.1, -0.05) is 12.8 Å². The fourth-order valence-corrected chi connectivity index (χ4v) is 8.97. The molecule has 6 atom stereocenters. The summed E-state index contributed by atoms with van der Waals surface area (Å²) in [6, 6.07) is 3.92. The number of anilines is 1. The Morgan fingerprint density at radius 2 is 1.82 bits per heavy atom. The smallest absolute Gasteiger partial charge is 0.308 e. The van der Waals surface area contributed by atoms with Crippen molar-refractivity contribution in [2.75, 3.05) is 18.0 Å². The van der Waals surface area contributed by atoms with Gasteiger partial charge in [-0.2, -0.15) is 0 Å². The molecule has 2 heterocycles. The molecule has 1 saturated heterocycles. The standard InChI is InChI=1S/C26H35N3O4S/c30-23(28-22-17-9-15-10-18(22)13-26(33,11-15)12-17)20-5-6-21(29-8-7-16(14-29)25(31)32)27-24(20)34-19-3-1-2-4-19/h5-6,15-19,22,33H,1-4,7-14H2,(H,28,30)(H,31,32)/t15?,16?,17-,18?,22?,26?/m1/s1. The predicted octanol–water partition coefficient (Wildman–Crippen LogP) is 3.70. The van der Waals surface area contributed by atoms with E-state index in [-0.39, 0.29) is 17.9 Å². The number of nitrogens with zero attached hydrogens (tertiary/aromatic N) is 2. The highest BCUT2D eigenvalue weighted by molar-refractivity contribution is 7.99. The molecule has 0 aromatic carbocycles. The van der Waals surface area contributed by atoms with Crippen LogP contribution in [0, 0.1) is 23.7 Å². The Hall–Kier alpha value is -1.80. The summed E-state index contributed by atoms with van der Waals surface area (Å²) in [6.45, 7) is 1.15. The maximum Gasteiger partial charge on any atom is 0.308 e. The van der Waals surface area contributed by atoms with Gasteiger partial charge in [0.2, 0.25) is 0 Å². The second-order valence-electron chi connectivity index (χ2n) is 11.5. The molecule has 7 nitrogen and oxygen atoms in total. The van der Waals surface area contributed by atoms with E-state index in [2.05, 4.69) is 5.32 Å². The van der Waals surface area contributed by atoms with Crippen LogP contribution in [0.15, 0.2) is 17.2 Å². The van der Waals surface area contributed by atoms with Crippen molar-refractivity contribution in [2.45, 2.75) is 86.1 Å². The maximum atomic E-state index is 13.6. The van der Waals surface area contributed by atoms with Crippen molar-refractivity contribution in [2.24, 2.45) is 23.7 Å². The van der Waals surface area contributed by atoms with E-state index in [0.717, 1.165) is 55.8 Å². The van der Waals surface area contributed by atoms with E-state index < -0.39 is 11.6 Å². The number of pyridine rings is 1. The van der Waals surface area contributed by atoms with Crippen molar-refractivity contribution in [3.8, 4) is 0 Å². The number of aromatic nitrogens is 1. The molecule has 7 rings (SSSR count). The van der Waals surface area contributed by atoms with Crippen LogP contribution >= 0.6 is 11.8 Å². The molecule has 184 valence electrons. The minimum atomic E-state index is -0.751. The molecule has 6 fully saturated rings. The number of carbonyl (C=O) groups is 2. The Morgan fingerprint density at radius 3 is 2.47 bits per heavy atom. The molecule has 0 spiro atoms. The molecule has 5 aliphatic carbocycles. The molecule has 1 aromatic heterocycles. The maximum absolute atomic E-state index is 13.6. The summed E-state index contributed by atoms with van der Waals surface area (Å²) >= 11 is 1.72. The molecular weight excluding hydrogens is 450 g/mol. The van der Waals surface area contributed by atoms with Crippen LogP contribution in [0.1, 0.15) is 74.6 Å². The van der Waals surface area contributed by atoms with Crippen LogP contribution in [-0.2, 0) is 4.79 Å². The molecule has 34 heavy (non-hydrogen) atoms. The minimum absolute atomic E-state index is 0.0474. The SMILES string of the molecule is O=C(NC1C2CC3C[C@@H]1CC(O)(C3)C2)c1ccc(N2CCC(C(=O)O)C2)nc1SC1CCCC1. The third-order valence-corrected chi connectivity index (χ3v) is 10.4. The Labute approximate surface area is 205 Å². The van der Waals surface area contributed by atoms with Crippen molar-refractivity contribution in [1.82, 2.24) is 10.3 Å². The molecule has 1 amide bonds. The monoisotopic (exact) mass is 485 g/mol. The minimum Gasteiger partial charge on any atom is -0.481 e. The number of thioether (sulfide) groups is 1. The Bertz CT molecular complexity index is 965. The van der Waals surface area contributed by atoms with E-state index >= 15 is 0 Å². The Morgan fingerprint density at radius 1 is 1.09 bits per heavy atom. The Kier molecular flexibility index (Phi) is 5.79. The zero-order valence-corrected chi connectivity index (χ0v) is 20.4. The number of nitrogens with one attached hydrogen (secondary N) is 1. The summed E-state index contributed by atoms with van der Waals surface area (Å²) in [4.78, 5) is 31.9. The van der Waals surface area contributed by atoms with Gasteiger partial charge in [0, 0.05) is 24.4 Å². The van der Waals surface area contributed by atoms with Gasteiger partial charge in [0.1, 0.15) is 10.8 Å². The highest BCUT2D eigenvalue weighted by Gasteiger charge is 2.55. The van der Waals surface area contributed by atoms with Crippen LogP contribution in [0.25, 0.3) is 0 Å². The van der Waals surface area contributed by atoms with Gasteiger partial charge in [-0.15, -0.1) is 11.8 Å². The molecule has 3 N–H and O–H groups in total. The second-order valence-corrected chi connectivity index (χ2v) is 12.8. The van der Waals surface area contributed by atoms with Crippen LogP contribution in [0.2, 0.25) is 0 Å². The molecule has 0 radical (unpaired) electrons. The second kappa shape index (κ2) is 8.70. The van der Waals surface area contributed by atoms with E-state index in [1.165, 1.54) is 12.8 Å². The van der Waals surface area contributed by atoms with Crippen molar-refractivity contribution in [3.05, 3.63) is 17.7 Å². The largest absolute Gasteiger partial charge is 0.481 e. The number of aliphatic hydroxyl groups is 1. The average molecular weight is 486 g/mol. The predicted molar refractivity (Wildman–Crippen MR) is 130 cm³/mol. The normalized spacial score (nSPS) is 36.9. The molecule has 5 saturated carbocycles. The van der Waals surface area contributed by atoms with Gasteiger partial charge in [0.15, 0.2) is 0 Å². The van der Waals surface area contributed by atoms with Crippen LogP contribution in [-0.4, -0.2) is 57.1 Å². The third-order valence-electron chi connectivity index (χ3n) is 9.07. The highest BCUT2D eigenvalue weighted by atomic mass is 32.2. The highest BCUT2D eigenvalue weighted by Crippen LogP contribution is 2.55. The lowest BCUT2D eigenvalue weighted by molar-refractivity contribution is -0.141. The van der Waals surface area contributed by atoms with Crippen LogP contribution in [0.3, 0.4) is 0 Å². The molecule has 1 aromatic rings. The van der Waals surface area contributed by atoms with Gasteiger partial charge in [-0.05, 0) is 81.3 Å². The lowest BCUT2D eigenvalue weighted by Crippen LogP contribution is -2.61. The molecule has 5 unspecified atom stereocenters. The van der Waals surface area contributed by atoms with Crippen molar-refractivity contribution in [3.63, 3.8) is 0 Å². The third kappa shape index (κ3) is 4.21. The average Bonchev–Trinajstić information content (AvgIpc) is 3.47. The number of carboxylic acids is 1. The summed E-state index contributed by atoms with van der Waals surface area (Å²) in [6.07, 6.45) is 10.2. The van der Waals surface area contributed by atoms with Gasteiger partial charge in [0.05, 0.1) is 17.1 Å². The summed E-state index contributed by atoms with van der Waals surface area (Å²) < 4.78 is 0. The number of hydrogen-bond donors (Lipinski definition) is 3. The number of rotatable bonds is 6. The van der Waals surface area contributed by atoms with Crippen LogP contribution < -0.4 is 10.2 Å². The van der Waals surface area contributed by atoms with Crippen molar-refractivity contribution < 1.29 is 19.8 Å². The van der Waals surface area contributed by atoms with Gasteiger partial charge < -0.3 is 20.4 Å². The zero-order chi connectivity index (χ0) is 23.4. The van der Waals surface area contributed by atoms with E-state index in [9.17, 15) is 19.8 Å². The zero-order valence-electron chi connectivity index (χ0n) is 19.6. The van der Waals surface area contributed by atoms with Crippen molar-refractivity contribution >= 4 is 29.5 Å². The van der Waals surface area contributed by atoms with Crippen LogP contribution in [0.5, 0.6) is 0 Å². The van der Waals surface area contributed by atoms with Gasteiger partial charge >= 0.3 is 5.97 Å². The van der Waals surface area contributed by atoms with Crippen molar-refractivity contribution in [1.29, 1.82) is 0 Å². The molecule has 4 bridgehead atoms. The number of hydrogen-bond acceptors (Lipinski definition) is 6. The molecular formula is C26H35N3O4S. The Balaban J connectivity index is 1.22. The van der Waals surface area contributed by atoms with Gasteiger partial charge in [-0.3, -0.25) is 9.59 Å². The van der Waals surface area contributed by atoms with E-state index in [1.807, 2.05) is 17.0 Å². The molecule has 6 aliphatic rings. The van der Waals surface area contributed by atoms with E-state index in [0.29, 0.717) is 48.1 Å². The number of carboxylic acid groups (broad SMARTS) is 1. The fourth-order valence-electron chi connectivity index (χ4n) is 7.65. The topological polar surface area (TPSA) is 103 Å². The first-order valence-electron chi connectivity index (χ1n) is 13.1. The first-order chi connectivity index (χ1) is 16.4. The van der Waals surface area contributed by atoms with Gasteiger partial charge in [-0.25, -0.2) is 4.98 Å². The summed E-state index contributed by atoms with van der Waals surface area (Å²) in [7, 11) is 0. The quantitative estimate of drug-likeness (QED) is 0.565. The molecule has 1 aliphatic heterocycles. The lowest BCUT2D eigenvalue weighted by atomic mass is 9.52. The van der Waals surface area contributed by atoms with Gasteiger partial charge in [0.25, 0.3) is 5.91 Å². The molecule has 8 heteroatoms. The summed E-state index contributed by atoms with van der Waals surface area (Å²) in [5.41, 5.74) is 0.135. The fraction of sp³-hybridized carbons (Fsp3) is 0.731.